The third kappa shape index (κ3) is 4.50. The maximum atomic E-state index is 13.2. The second kappa shape index (κ2) is 7.41. The zero-order valence-electron chi connectivity index (χ0n) is 16.4. The van der Waals surface area contributed by atoms with E-state index in [9.17, 15) is 22.8 Å². The molecule has 154 valence electrons. The van der Waals surface area contributed by atoms with Crippen LogP contribution in [0.3, 0.4) is 0 Å². The van der Waals surface area contributed by atoms with Gasteiger partial charge < -0.3 is 9.64 Å². The van der Waals surface area contributed by atoms with E-state index in [0.717, 1.165) is 18.9 Å². The fourth-order valence-corrected chi connectivity index (χ4v) is 4.34. The van der Waals surface area contributed by atoms with Gasteiger partial charge in [0.1, 0.15) is 11.4 Å². The summed E-state index contributed by atoms with van der Waals surface area (Å²) in [7, 11) is 0. The van der Waals surface area contributed by atoms with Crippen LogP contribution >= 0.6 is 0 Å². The van der Waals surface area contributed by atoms with Crippen molar-refractivity contribution in [2.75, 3.05) is 0 Å². The van der Waals surface area contributed by atoms with E-state index < -0.39 is 17.3 Å². The predicted molar refractivity (Wildman–Crippen MR) is 97.8 cm³/mol. The number of alkyl halides is 3. The SMILES string of the molecule is CC(C)(C)OC(=O)N1C2CCC1CC(C(=O)Cc1ccccc1C(F)(F)F)C2. The zero-order chi connectivity index (χ0) is 20.7. The molecule has 0 aliphatic carbocycles. The van der Waals surface area contributed by atoms with Gasteiger partial charge in [-0.2, -0.15) is 13.2 Å². The monoisotopic (exact) mass is 397 g/mol. The summed E-state index contributed by atoms with van der Waals surface area (Å²) in [5, 5.41) is 0. The number of ether oxygens (including phenoxy) is 1. The summed E-state index contributed by atoms with van der Waals surface area (Å²) < 4.78 is 45.0. The molecule has 0 spiro atoms. The Balaban J connectivity index is 1.68. The third-order valence-corrected chi connectivity index (χ3v) is 5.48. The van der Waals surface area contributed by atoms with Crippen LogP contribution in [0.4, 0.5) is 18.0 Å². The van der Waals surface area contributed by atoms with Crippen LogP contribution < -0.4 is 0 Å². The molecule has 0 N–H and O–H groups in total. The number of nitrogens with zero attached hydrogens (tertiary/aromatic N) is 1. The maximum absolute atomic E-state index is 13.2. The number of benzene rings is 1. The molecule has 2 heterocycles. The number of hydrogen-bond donors (Lipinski definition) is 0. The molecule has 2 fully saturated rings. The normalized spacial score (nSPS) is 24.9. The smallest absolute Gasteiger partial charge is 0.416 e. The fourth-order valence-electron chi connectivity index (χ4n) is 4.34. The Morgan fingerprint density at radius 3 is 2.18 bits per heavy atom. The fraction of sp³-hybridized carbons (Fsp3) is 0.619. The summed E-state index contributed by atoms with van der Waals surface area (Å²) in [5.74, 6) is -0.505. The lowest BCUT2D eigenvalue weighted by atomic mass is 9.84. The molecule has 2 unspecified atom stereocenters. The molecule has 4 nitrogen and oxygen atoms in total. The van der Waals surface area contributed by atoms with Crippen molar-refractivity contribution in [2.24, 2.45) is 5.92 Å². The Morgan fingerprint density at radius 2 is 1.64 bits per heavy atom. The number of ketones is 1. The van der Waals surface area contributed by atoms with E-state index in [1.165, 1.54) is 18.2 Å². The number of carbonyl (C=O) groups is 2. The van der Waals surface area contributed by atoms with Crippen LogP contribution in [0.1, 0.15) is 57.6 Å². The highest BCUT2D eigenvalue weighted by Crippen LogP contribution is 2.40. The zero-order valence-corrected chi connectivity index (χ0v) is 16.4. The van der Waals surface area contributed by atoms with E-state index in [4.69, 9.17) is 4.74 Å². The van der Waals surface area contributed by atoms with E-state index in [0.29, 0.717) is 12.8 Å². The summed E-state index contributed by atoms with van der Waals surface area (Å²) in [6.45, 7) is 5.42. The molecular formula is C21H26F3NO3. The first-order valence-electron chi connectivity index (χ1n) is 9.65. The van der Waals surface area contributed by atoms with E-state index in [1.807, 2.05) is 0 Å². The number of rotatable bonds is 3. The number of halogens is 3. The van der Waals surface area contributed by atoms with Gasteiger partial charge in [0, 0.05) is 24.4 Å². The average Bonchev–Trinajstić information content (AvgIpc) is 2.83. The number of piperidine rings is 1. The summed E-state index contributed by atoms with van der Waals surface area (Å²) in [4.78, 5) is 27.0. The molecule has 2 aliphatic rings. The molecule has 2 atom stereocenters. The van der Waals surface area contributed by atoms with E-state index in [1.54, 1.807) is 25.7 Å². The van der Waals surface area contributed by atoms with Crippen molar-refractivity contribution < 1.29 is 27.5 Å². The second-order valence-corrected chi connectivity index (χ2v) is 8.74. The van der Waals surface area contributed by atoms with Gasteiger partial charge in [-0.1, -0.05) is 18.2 Å². The van der Waals surface area contributed by atoms with Gasteiger partial charge in [0.05, 0.1) is 5.56 Å². The van der Waals surface area contributed by atoms with Gasteiger partial charge in [0.25, 0.3) is 0 Å². The number of carbonyl (C=O) groups excluding carboxylic acids is 2. The quantitative estimate of drug-likeness (QED) is 0.722. The molecule has 2 bridgehead atoms. The standard InChI is InChI=1S/C21H26F3NO3/c1-20(2,3)28-19(27)25-15-8-9-16(25)11-14(10-15)18(26)12-13-6-4-5-7-17(13)21(22,23)24/h4-7,14-16H,8-12H2,1-3H3. The van der Waals surface area contributed by atoms with Gasteiger partial charge in [0.2, 0.25) is 0 Å². The summed E-state index contributed by atoms with van der Waals surface area (Å²) >= 11 is 0. The largest absolute Gasteiger partial charge is 0.444 e. The Bertz CT molecular complexity index is 740. The minimum Gasteiger partial charge on any atom is -0.444 e. The molecule has 1 aromatic rings. The molecule has 28 heavy (non-hydrogen) atoms. The highest BCUT2D eigenvalue weighted by atomic mass is 19.4. The first-order chi connectivity index (χ1) is 13.0. The van der Waals surface area contributed by atoms with Crippen LogP contribution in [0.5, 0.6) is 0 Å². The number of Topliss-reactive ketones (excluding diaryl/α,β-unsaturated/α-hetero) is 1. The van der Waals surface area contributed by atoms with Gasteiger partial charge >= 0.3 is 12.3 Å². The van der Waals surface area contributed by atoms with E-state index in [2.05, 4.69) is 0 Å². The van der Waals surface area contributed by atoms with Crippen molar-refractivity contribution in [3.8, 4) is 0 Å². The average molecular weight is 397 g/mol. The number of amides is 1. The van der Waals surface area contributed by atoms with Crippen molar-refractivity contribution in [2.45, 2.75) is 76.7 Å². The van der Waals surface area contributed by atoms with Crippen LogP contribution in [0.2, 0.25) is 0 Å². The van der Waals surface area contributed by atoms with Gasteiger partial charge in [-0.25, -0.2) is 4.79 Å². The number of hydrogen-bond acceptors (Lipinski definition) is 3. The topological polar surface area (TPSA) is 46.6 Å². The summed E-state index contributed by atoms with van der Waals surface area (Å²) in [6, 6.07) is 5.06. The Labute approximate surface area is 163 Å². The van der Waals surface area contributed by atoms with Gasteiger partial charge in [-0.15, -0.1) is 0 Å². The Morgan fingerprint density at radius 1 is 1.07 bits per heavy atom. The van der Waals surface area contributed by atoms with Crippen molar-refractivity contribution in [3.63, 3.8) is 0 Å². The van der Waals surface area contributed by atoms with Gasteiger partial charge in [-0.3, -0.25) is 4.79 Å². The van der Waals surface area contributed by atoms with Crippen LogP contribution in [0.25, 0.3) is 0 Å². The number of fused-ring (bicyclic) bond motifs is 2. The lowest BCUT2D eigenvalue weighted by Gasteiger charge is -2.39. The van der Waals surface area contributed by atoms with Crippen LogP contribution in [0, 0.1) is 5.92 Å². The van der Waals surface area contributed by atoms with Crippen molar-refractivity contribution in [3.05, 3.63) is 35.4 Å². The highest BCUT2D eigenvalue weighted by Gasteiger charge is 2.46. The molecule has 0 radical (unpaired) electrons. The minimum atomic E-state index is -4.48. The van der Waals surface area contributed by atoms with E-state index in [-0.39, 0.29) is 41.9 Å². The lowest BCUT2D eigenvalue weighted by molar-refractivity contribution is -0.138. The molecule has 0 saturated carbocycles. The molecule has 0 aromatic heterocycles. The summed E-state index contributed by atoms with van der Waals surface area (Å²) in [6.07, 6.45) is -2.50. The Hall–Kier alpha value is -2.05. The minimum absolute atomic E-state index is 0.0157. The molecule has 2 saturated heterocycles. The molecule has 7 heteroatoms. The summed E-state index contributed by atoms with van der Waals surface area (Å²) in [5.41, 5.74) is -1.33. The lowest BCUT2D eigenvalue weighted by Crippen LogP contribution is -2.49. The first kappa shape index (κ1) is 20.7. The van der Waals surface area contributed by atoms with Crippen LogP contribution in [-0.2, 0) is 22.1 Å². The van der Waals surface area contributed by atoms with Crippen molar-refractivity contribution in [1.82, 2.24) is 4.90 Å². The molecule has 1 amide bonds. The molecular weight excluding hydrogens is 371 g/mol. The highest BCUT2D eigenvalue weighted by molar-refractivity contribution is 5.84. The van der Waals surface area contributed by atoms with Gasteiger partial charge in [-0.05, 0) is 58.1 Å². The molecule has 3 rings (SSSR count). The maximum Gasteiger partial charge on any atom is 0.416 e. The predicted octanol–water partition coefficient (Wildman–Crippen LogP) is 5.00. The Kier molecular flexibility index (Phi) is 5.47. The van der Waals surface area contributed by atoms with Crippen molar-refractivity contribution in [1.29, 1.82) is 0 Å². The van der Waals surface area contributed by atoms with Gasteiger partial charge in [0.15, 0.2) is 0 Å². The van der Waals surface area contributed by atoms with E-state index >= 15 is 0 Å². The molecule has 2 aliphatic heterocycles. The molecule has 1 aromatic carbocycles. The van der Waals surface area contributed by atoms with Crippen LogP contribution in [-0.4, -0.2) is 34.5 Å². The third-order valence-electron chi connectivity index (χ3n) is 5.48. The second-order valence-electron chi connectivity index (χ2n) is 8.74. The van der Waals surface area contributed by atoms with Crippen LogP contribution in [0.15, 0.2) is 24.3 Å². The first-order valence-corrected chi connectivity index (χ1v) is 9.65. The van der Waals surface area contributed by atoms with Crippen molar-refractivity contribution >= 4 is 11.9 Å².